The van der Waals surface area contributed by atoms with Crippen molar-refractivity contribution in [1.82, 2.24) is 0 Å². The monoisotopic (exact) mass is 502 g/mol. The number of rotatable bonds is 3. The third-order valence-electron chi connectivity index (χ3n) is 7.50. The van der Waals surface area contributed by atoms with Gasteiger partial charge < -0.3 is 4.42 Å². The van der Waals surface area contributed by atoms with Crippen molar-refractivity contribution in [3.8, 4) is 33.4 Å². The minimum atomic E-state index is -0.427. The average Bonchev–Trinajstić information content (AvgIpc) is 3.45. The molecule has 8 rings (SSSR count). The number of para-hydroxylation sites is 1. The SMILES string of the molecule is [2H]c1ccc(-c2c3ccccc3c(-c3c(-c4c([2H])c([2H])c([2H])c([2H])c4[2H])ccc4oc5ccccc5c34)c3ccccc23)cc1. The van der Waals surface area contributed by atoms with E-state index >= 15 is 0 Å². The first kappa shape index (κ1) is 16.7. The minimum absolute atomic E-state index is 0.145. The molecule has 0 aliphatic rings. The molecule has 0 aliphatic heterocycles. The summed E-state index contributed by atoms with van der Waals surface area (Å²) >= 11 is 0. The van der Waals surface area contributed by atoms with Crippen molar-refractivity contribution in [1.29, 1.82) is 0 Å². The Hall–Kier alpha value is -5.14. The molecule has 182 valence electrons. The largest absolute Gasteiger partial charge is 0.456 e. The maximum atomic E-state index is 8.94. The molecule has 0 aliphatic carbocycles. The summed E-state index contributed by atoms with van der Waals surface area (Å²) in [5.41, 5.74) is 5.69. The van der Waals surface area contributed by atoms with Crippen molar-refractivity contribution >= 4 is 43.5 Å². The molecule has 0 N–H and O–H groups in total. The number of hydrogen-bond acceptors (Lipinski definition) is 1. The second kappa shape index (κ2) is 8.72. The second-order valence-corrected chi connectivity index (χ2v) is 9.59. The molecular formula is C38H24O. The van der Waals surface area contributed by atoms with E-state index in [1.54, 1.807) is 12.1 Å². The molecule has 1 heterocycles. The molecule has 0 amide bonds. The Bertz CT molecular complexity index is 2410. The molecule has 0 spiro atoms. The fourth-order valence-corrected chi connectivity index (χ4v) is 5.93. The van der Waals surface area contributed by atoms with Gasteiger partial charge in [0.2, 0.25) is 0 Å². The zero-order valence-electron chi connectivity index (χ0n) is 26.8. The van der Waals surface area contributed by atoms with Crippen LogP contribution in [0.1, 0.15) is 8.22 Å². The third kappa shape index (κ3) is 3.34. The molecule has 1 heteroatoms. The van der Waals surface area contributed by atoms with E-state index in [4.69, 9.17) is 12.6 Å². The summed E-state index contributed by atoms with van der Waals surface area (Å²) in [6, 6.07) is 34.0. The summed E-state index contributed by atoms with van der Waals surface area (Å²) in [6.07, 6.45) is 0. The van der Waals surface area contributed by atoms with Crippen LogP contribution in [-0.4, -0.2) is 0 Å². The van der Waals surface area contributed by atoms with Crippen LogP contribution in [0, 0.1) is 0 Å². The molecule has 0 atom stereocenters. The van der Waals surface area contributed by atoms with Crippen molar-refractivity contribution in [2.75, 3.05) is 0 Å². The van der Waals surface area contributed by atoms with Gasteiger partial charge in [-0.1, -0.05) is 133 Å². The lowest BCUT2D eigenvalue weighted by molar-refractivity contribution is 0.669. The fraction of sp³-hybridized carbons (Fsp3) is 0. The van der Waals surface area contributed by atoms with Gasteiger partial charge in [0.15, 0.2) is 0 Å². The van der Waals surface area contributed by atoms with Crippen molar-refractivity contribution in [3.05, 3.63) is 145 Å². The predicted molar refractivity (Wildman–Crippen MR) is 165 cm³/mol. The molecule has 0 fully saturated rings. The summed E-state index contributed by atoms with van der Waals surface area (Å²) in [5.74, 6) is 0. The quantitative estimate of drug-likeness (QED) is 0.219. The van der Waals surface area contributed by atoms with Crippen LogP contribution in [-0.2, 0) is 0 Å². The van der Waals surface area contributed by atoms with Gasteiger partial charge in [0.05, 0.1) is 8.22 Å². The third-order valence-corrected chi connectivity index (χ3v) is 7.50. The Morgan fingerprint density at radius 1 is 0.410 bits per heavy atom. The molecule has 0 radical (unpaired) electrons. The van der Waals surface area contributed by atoms with Gasteiger partial charge >= 0.3 is 0 Å². The van der Waals surface area contributed by atoms with Gasteiger partial charge in [0.25, 0.3) is 0 Å². The van der Waals surface area contributed by atoms with Crippen molar-refractivity contribution < 1.29 is 12.6 Å². The average molecular weight is 503 g/mol. The van der Waals surface area contributed by atoms with Gasteiger partial charge in [0, 0.05) is 16.3 Å². The normalized spacial score (nSPS) is 13.7. The summed E-state index contributed by atoms with van der Waals surface area (Å²) in [5, 5.41) is 5.60. The van der Waals surface area contributed by atoms with Gasteiger partial charge in [-0.15, -0.1) is 0 Å². The van der Waals surface area contributed by atoms with Crippen LogP contribution in [0.15, 0.2) is 150 Å². The van der Waals surface area contributed by atoms with Crippen LogP contribution in [0.4, 0.5) is 0 Å². The van der Waals surface area contributed by atoms with Crippen LogP contribution in [0.2, 0.25) is 0 Å². The Kier molecular flexibility index (Phi) is 3.72. The van der Waals surface area contributed by atoms with Crippen LogP contribution in [0.5, 0.6) is 0 Å². The first-order valence-corrected chi connectivity index (χ1v) is 12.9. The maximum absolute atomic E-state index is 8.94. The fourth-order valence-electron chi connectivity index (χ4n) is 5.93. The molecule has 0 bridgehead atoms. The lowest BCUT2D eigenvalue weighted by atomic mass is 9.82. The Morgan fingerprint density at radius 2 is 1.00 bits per heavy atom. The van der Waals surface area contributed by atoms with E-state index in [1.807, 2.05) is 72.8 Å². The van der Waals surface area contributed by atoms with E-state index in [0.717, 1.165) is 54.6 Å². The van der Waals surface area contributed by atoms with Crippen LogP contribution in [0.3, 0.4) is 0 Å². The highest BCUT2D eigenvalue weighted by Crippen LogP contribution is 2.49. The van der Waals surface area contributed by atoms with E-state index in [2.05, 4.69) is 24.3 Å². The highest BCUT2D eigenvalue weighted by molar-refractivity contribution is 6.27. The van der Waals surface area contributed by atoms with Gasteiger partial charge in [0.1, 0.15) is 11.2 Å². The maximum Gasteiger partial charge on any atom is 0.136 e. The van der Waals surface area contributed by atoms with Gasteiger partial charge in [-0.2, -0.15) is 0 Å². The molecule has 0 unspecified atom stereocenters. The zero-order valence-corrected chi connectivity index (χ0v) is 20.8. The van der Waals surface area contributed by atoms with E-state index in [9.17, 15) is 0 Å². The summed E-state index contributed by atoms with van der Waals surface area (Å²) in [4.78, 5) is 0. The first-order valence-electron chi connectivity index (χ1n) is 15.9. The van der Waals surface area contributed by atoms with E-state index in [1.165, 1.54) is 0 Å². The van der Waals surface area contributed by atoms with Crippen LogP contribution < -0.4 is 0 Å². The Labute approximate surface area is 235 Å². The minimum Gasteiger partial charge on any atom is -0.456 e. The standard InChI is InChI=1S/C38H24O/c1-3-13-25(14-4-1)27-23-24-34-37(32-21-11-12-22-33(32)39-34)38(27)36-30-19-9-7-17-28(30)35(26-15-5-2-6-16-26)29-18-8-10-20-31(29)36/h1-24H/i1D,2D,3D,4D,13D,14D. The molecule has 8 aromatic rings. The smallest absolute Gasteiger partial charge is 0.136 e. The highest BCUT2D eigenvalue weighted by Gasteiger charge is 2.23. The molecule has 0 saturated heterocycles. The van der Waals surface area contributed by atoms with E-state index in [-0.39, 0.29) is 29.7 Å². The lowest BCUT2D eigenvalue weighted by Gasteiger charge is -2.20. The highest BCUT2D eigenvalue weighted by atomic mass is 16.3. The van der Waals surface area contributed by atoms with Gasteiger partial charge in [-0.3, -0.25) is 0 Å². The summed E-state index contributed by atoms with van der Waals surface area (Å²) < 4.78 is 57.5. The van der Waals surface area contributed by atoms with Crippen molar-refractivity contribution in [2.45, 2.75) is 0 Å². The van der Waals surface area contributed by atoms with Crippen molar-refractivity contribution in [2.24, 2.45) is 0 Å². The first-order chi connectivity index (χ1) is 21.8. The number of furan rings is 1. The zero-order chi connectivity index (χ0) is 31.0. The topological polar surface area (TPSA) is 13.1 Å². The second-order valence-electron chi connectivity index (χ2n) is 9.59. The number of hydrogen-bond donors (Lipinski definition) is 0. The predicted octanol–water partition coefficient (Wildman–Crippen LogP) is 10.9. The lowest BCUT2D eigenvalue weighted by Crippen LogP contribution is -1.93. The van der Waals surface area contributed by atoms with E-state index < -0.39 is 6.04 Å². The molecule has 0 saturated carbocycles. The molecular weight excluding hydrogens is 472 g/mol. The van der Waals surface area contributed by atoms with Gasteiger partial charge in [-0.05, 0) is 61.5 Å². The molecule has 7 aromatic carbocycles. The number of fused-ring (bicyclic) bond motifs is 5. The van der Waals surface area contributed by atoms with Crippen molar-refractivity contribution in [3.63, 3.8) is 0 Å². The number of benzene rings is 7. The molecule has 1 aromatic heterocycles. The van der Waals surface area contributed by atoms with E-state index in [0.29, 0.717) is 22.8 Å². The summed E-state index contributed by atoms with van der Waals surface area (Å²) in [7, 11) is 0. The van der Waals surface area contributed by atoms with Gasteiger partial charge in [-0.25, -0.2) is 0 Å². The summed E-state index contributed by atoms with van der Waals surface area (Å²) in [6.45, 7) is 0. The Balaban J connectivity index is 1.64. The Morgan fingerprint density at radius 3 is 1.67 bits per heavy atom. The van der Waals surface area contributed by atoms with Crippen LogP contribution >= 0.6 is 0 Å². The molecule has 1 nitrogen and oxygen atoms in total. The molecule has 39 heavy (non-hydrogen) atoms. The van der Waals surface area contributed by atoms with Crippen LogP contribution in [0.25, 0.3) is 76.9 Å².